The predicted octanol–water partition coefficient (Wildman–Crippen LogP) is 2.60. The third-order valence-electron chi connectivity index (χ3n) is 5.19. The smallest absolute Gasteiger partial charge is 0.223 e. The van der Waals surface area contributed by atoms with Gasteiger partial charge in [-0.1, -0.05) is 18.2 Å². The number of carbonyl (C=O) groups excluding carboxylic acids is 1. The Labute approximate surface area is 161 Å². The van der Waals surface area contributed by atoms with Crippen LogP contribution in [-0.4, -0.2) is 47.8 Å². The van der Waals surface area contributed by atoms with Crippen LogP contribution < -0.4 is 0 Å². The van der Waals surface area contributed by atoms with E-state index in [-0.39, 0.29) is 23.0 Å². The molecule has 1 aliphatic heterocycles. The highest BCUT2D eigenvalue weighted by Gasteiger charge is 2.25. The molecule has 0 N–H and O–H groups in total. The zero-order valence-corrected chi connectivity index (χ0v) is 16.8. The molecule has 27 heavy (non-hydrogen) atoms. The van der Waals surface area contributed by atoms with Gasteiger partial charge < -0.3 is 4.90 Å². The van der Waals surface area contributed by atoms with Crippen LogP contribution in [0.3, 0.4) is 0 Å². The number of amides is 1. The van der Waals surface area contributed by atoms with Gasteiger partial charge in [-0.3, -0.25) is 9.48 Å². The van der Waals surface area contributed by atoms with Crippen molar-refractivity contribution in [3.05, 3.63) is 47.8 Å². The van der Waals surface area contributed by atoms with Gasteiger partial charge in [0.05, 0.1) is 16.3 Å². The summed E-state index contributed by atoms with van der Waals surface area (Å²) in [5, 5.41) is 4.51. The molecular weight excluding hydrogens is 362 g/mol. The topological polar surface area (TPSA) is 72.3 Å². The molecule has 1 saturated heterocycles. The number of piperidine rings is 1. The monoisotopic (exact) mass is 389 g/mol. The number of hydrogen-bond donors (Lipinski definition) is 0. The van der Waals surface area contributed by atoms with Gasteiger partial charge in [-0.2, -0.15) is 5.10 Å². The Morgan fingerprint density at radius 1 is 1.15 bits per heavy atom. The Hall–Kier alpha value is -2.15. The van der Waals surface area contributed by atoms with Crippen LogP contribution in [0.4, 0.5) is 0 Å². The lowest BCUT2D eigenvalue weighted by Crippen LogP contribution is -2.40. The predicted molar refractivity (Wildman–Crippen MR) is 104 cm³/mol. The second-order valence-electron chi connectivity index (χ2n) is 7.32. The van der Waals surface area contributed by atoms with Crippen molar-refractivity contribution < 1.29 is 13.2 Å². The number of benzene rings is 1. The average Bonchev–Trinajstić information content (AvgIpc) is 2.98. The van der Waals surface area contributed by atoms with Gasteiger partial charge in [0.25, 0.3) is 0 Å². The molecule has 0 atom stereocenters. The summed E-state index contributed by atoms with van der Waals surface area (Å²) in [7, 11) is -3.41. The van der Waals surface area contributed by atoms with Crippen LogP contribution in [0.15, 0.2) is 41.3 Å². The molecule has 1 aromatic heterocycles. The number of aryl methyl sites for hydroxylation is 2. The SMILES string of the molecule is Cc1cc(C)n(CC2CCN(C(=O)CCS(=O)(=O)c3ccccc3)CC2)n1. The molecule has 2 heterocycles. The van der Waals surface area contributed by atoms with E-state index in [0.29, 0.717) is 19.0 Å². The summed E-state index contributed by atoms with van der Waals surface area (Å²) in [5.74, 6) is 0.292. The van der Waals surface area contributed by atoms with Crippen molar-refractivity contribution in [3.8, 4) is 0 Å². The van der Waals surface area contributed by atoms with E-state index in [0.717, 1.165) is 30.8 Å². The molecule has 7 heteroatoms. The van der Waals surface area contributed by atoms with Crippen LogP contribution in [0, 0.1) is 19.8 Å². The summed E-state index contributed by atoms with van der Waals surface area (Å²) in [6, 6.07) is 10.4. The molecule has 0 bridgehead atoms. The summed E-state index contributed by atoms with van der Waals surface area (Å²) in [4.78, 5) is 14.5. The molecule has 3 rings (SSSR count). The lowest BCUT2D eigenvalue weighted by Gasteiger charge is -2.32. The molecule has 1 aliphatic rings. The van der Waals surface area contributed by atoms with Crippen molar-refractivity contribution >= 4 is 15.7 Å². The maximum Gasteiger partial charge on any atom is 0.223 e. The molecule has 1 aromatic carbocycles. The molecule has 146 valence electrons. The van der Waals surface area contributed by atoms with Gasteiger partial charge in [-0.25, -0.2) is 8.42 Å². The highest BCUT2D eigenvalue weighted by Crippen LogP contribution is 2.21. The van der Waals surface area contributed by atoms with Crippen LogP contribution in [0.5, 0.6) is 0 Å². The standard InChI is InChI=1S/C20H27N3O3S/c1-16-14-17(2)23(21-16)15-18-8-11-22(12-9-18)20(24)10-13-27(25,26)19-6-4-3-5-7-19/h3-7,14,18H,8-13,15H2,1-2H3. The molecule has 0 spiro atoms. The maximum atomic E-state index is 12.4. The van der Waals surface area contributed by atoms with E-state index in [1.807, 2.05) is 11.6 Å². The first kappa shape index (κ1) is 19.6. The Bertz CT molecular complexity index is 882. The second kappa shape index (κ2) is 8.25. The molecule has 0 radical (unpaired) electrons. The fourth-order valence-corrected chi connectivity index (χ4v) is 4.85. The van der Waals surface area contributed by atoms with E-state index >= 15 is 0 Å². The van der Waals surface area contributed by atoms with Gasteiger partial charge >= 0.3 is 0 Å². The third-order valence-corrected chi connectivity index (χ3v) is 6.92. The van der Waals surface area contributed by atoms with Crippen LogP contribution in [0.1, 0.15) is 30.7 Å². The zero-order valence-electron chi connectivity index (χ0n) is 16.0. The first-order valence-corrected chi connectivity index (χ1v) is 11.1. The van der Waals surface area contributed by atoms with Gasteiger partial charge in [0, 0.05) is 31.7 Å². The summed E-state index contributed by atoms with van der Waals surface area (Å²) in [6.07, 6.45) is 1.89. The molecular formula is C20H27N3O3S. The van der Waals surface area contributed by atoms with Crippen LogP contribution in [0.25, 0.3) is 0 Å². The first-order chi connectivity index (χ1) is 12.8. The van der Waals surface area contributed by atoms with E-state index < -0.39 is 9.84 Å². The fourth-order valence-electron chi connectivity index (χ4n) is 3.59. The number of hydrogen-bond acceptors (Lipinski definition) is 4. The Morgan fingerprint density at radius 3 is 2.41 bits per heavy atom. The lowest BCUT2D eigenvalue weighted by molar-refractivity contribution is -0.132. The Morgan fingerprint density at radius 2 is 1.81 bits per heavy atom. The normalized spacial score (nSPS) is 15.9. The van der Waals surface area contributed by atoms with Crippen molar-refractivity contribution in [2.75, 3.05) is 18.8 Å². The number of sulfone groups is 1. The van der Waals surface area contributed by atoms with E-state index in [9.17, 15) is 13.2 Å². The summed E-state index contributed by atoms with van der Waals surface area (Å²) in [5.41, 5.74) is 2.19. The van der Waals surface area contributed by atoms with Gasteiger partial charge in [-0.05, 0) is 50.8 Å². The minimum absolute atomic E-state index is 0.0410. The van der Waals surface area contributed by atoms with Crippen molar-refractivity contribution in [2.45, 2.75) is 44.6 Å². The molecule has 1 amide bonds. The van der Waals surface area contributed by atoms with Crippen molar-refractivity contribution in [1.29, 1.82) is 0 Å². The van der Waals surface area contributed by atoms with Gasteiger partial charge in [0.1, 0.15) is 0 Å². The van der Waals surface area contributed by atoms with E-state index in [1.54, 1.807) is 35.2 Å². The van der Waals surface area contributed by atoms with Crippen LogP contribution >= 0.6 is 0 Å². The number of likely N-dealkylation sites (tertiary alicyclic amines) is 1. The number of rotatable bonds is 6. The average molecular weight is 390 g/mol. The molecule has 2 aromatic rings. The van der Waals surface area contributed by atoms with Crippen molar-refractivity contribution in [2.24, 2.45) is 5.92 Å². The minimum Gasteiger partial charge on any atom is -0.343 e. The third kappa shape index (κ3) is 4.97. The molecule has 1 fully saturated rings. The van der Waals surface area contributed by atoms with E-state index in [1.165, 1.54) is 0 Å². The molecule has 0 saturated carbocycles. The van der Waals surface area contributed by atoms with Crippen molar-refractivity contribution in [1.82, 2.24) is 14.7 Å². The second-order valence-corrected chi connectivity index (χ2v) is 9.42. The number of carbonyl (C=O) groups is 1. The van der Waals surface area contributed by atoms with Crippen LogP contribution in [-0.2, 0) is 21.2 Å². The van der Waals surface area contributed by atoms with Gasteiger partial charge in [0.2, 0.25) is 5.91 Å². The fraction of sp³-hybridized carbons (Fsp3) is 0.500. The van der Waals surface area contributed by atoms with E-state index in [4.69, 9.17) is 0 Å². The number of aromatic nitrogens is 2. The highest BCUT2D eigenvalue weighted by molar-refractivity contribution is 7.91. The van der Waals surface area contributed by atoms with Crippen molar-refractivity contribution in [3.63, 3.8) is 0 Å². The van der Waals surface area contributed by atoms with Gasteiger partial charge in [0.15, 0.2) is 9.84 Å². The quantitative estimate of drug-likeness (QED) is 0.761. The zero-order chi connectivity index (χ0) is 19.4. The summed E-state index contributed by atoms with van der Waals surface area (Å²) < 4.78 is 26.7. The highest BCUT2D eigenvalue weighted by atomic mass is 32.2. The largest absolute Gasteiger partial charge is 0.343 e. The summed E-state index contributed by atoms with van der Waals surface area (Å²) in [6.45, 7) is 6.31. The van der Waals surface area contributed by atoms with E-state index in [2.05, 4.69) is 18.1 Å². The van der Waals surface area contributed by atoms with Crippen LogP contribution in [0.2, 0.25) is 0 Å². The number of nitrogens with zero attached hydrogens (tertiary/aromatic N) is 3. The first-order valence-electron chi connectivity index (χ1n) is 9.42. The Balaban J connectivity index is 1.48. The van der Waals surface area contributed by atoms with Gasteiger partial charge in [-0.15, -0.1) is 0 Å². The summed E-state index contributed by atoms with van der Waals surface area (Å²) >= 11 is 0. The Kier molecular flexibility index (Phi) is 5.99. The molecule has 6 nitrogen and oxygen atoms in total. The lowest BCUT2D eigenvalue weighted by atomic mass is 9.96. The maximum absolute atomic E-state index is 12.4. The molecule has 0 unspecified atom stereocenters. The molecule has 0 aliphatic carbocycles. The minimum atomic E-state index is -3.41.